The number of rotatable bonds is 4. The average molecular weight is 332 g/mol. The zero-order chi connectivity index (χ0) is 15.4. The SMILES string of the molecule is O=C(NC(C(=O)O)C1CCCOC1)c1cc(Cl)ccc1Cl. The number of hydrogen-bond acceptors (Lipinski definition) is 3. The van der Waals surface area contributed by atoms with Crippen LogP contribution in [0.5, 0.6) is 0 Å². The molecule has 2 N–H and O–H groups in total. The lowest BCUT2D eigenvalue weighted by atomic mass is 9.93. The Hall–Kier alpha value is -1.30. The Morgan fingerprint density at radius 2 is 2.14 bits per heavy atom. The first-order valence-corrected chi connectivity index (χ1v) is 7.31. The van der Waals surface area contributed by atoms with Crippen molar-refractivity contribution in [1.82, 2.24) is 5.32 Å². The number of carboxylic acid groups (broad SMARTS) is 1. The minimum Gasteiger partial charge on any atom is -0.480 e. The van der Waals surface area contributed by atoms with Crippen molar-refractivity contribution < 1.29 is 19.4 Å². The lowest BCUT2D eigenvalue weighted by molar-refractivity contribution is -0.142. The number of benzene rings is 1. The highest BCUT2D eigenvalue weighted by Gasteiger charge is 2.32. The molecule has 1 aliphatic heterocycles. The highest BCUT2D eigenvalue weighted by atomic mass is 35.5. The van der Waals surface area contributed by atoms with E-state index in [4.69, 9.17) is 27.9 Å². The molecule has 1 saturated heterocycles. The highest BCUT2D eigenvalue weighted by molar-refractivity contribution is 6.35. The summed E-state index contributed by atoms with van der Waals surface area (Å²) < 4.78 is 5.28. The van der Waals surface area contributed by atoms with Crippen molar-refractivity contribution in [1.29, 1.82) is 0 Å². The van der Waals surface area contributed by atoms with Gasteiger partial charge in [0.1, 0.15) is 6.04 Å². The summed E-state index contributed by atoms with van der Waals surface area (Å²) in [6, 6.07) is 3.46. The van der Waals surface area contributed by atoms with Crippen LogP contribution in [0, 0.1) is 5.92 Å². The smallest absolute Gasteiger partial charge is 0.326 e. The Labute approximate surface area is 132 Å². The molecule has 5 nitrogen and oxygen atoms in total. The number of aliphatic carboxylic acids is 1. The Morgan fingerprint density at radius 1 is 1.38 bits per heavy atom. The number of carbonyl (C=O) groups is 2. The molecule has 7 heteroatoms. The fourth-order valence-electron chi connectivity index (χ4n) is 2.30. The quantitative estimate of drug-likeness (QED) is 0.889. The Morgan fingerprint density at radius 3 is 2.76 bits per heavy atom. The Balaban J connectivity index is 2.14. The number of carbonyl (C=O) groups excluding carboxylic acids is 1. The molecule has 21 heavy (non-hydrogen) atoms. The van der Waals surface area contributed by atoms with Gasteiger partial charge in [0.05, 0.1) is 17.2 Å². The lowest BCUT2D eigenvalue weighted by Gasteiger charge is -2.28. The molecule has 1 fully saturated rings. The average Bonchev–Trinajstić information content (AvgIpc) is 2.47. The van der Waals surface area contributed by atoms with E-state index >= 15 is 0 Å². The van der Waals surface area contributed by atoms with E-state index in [-0.39, 0.29) is 16.5 Å². The molecule has 1 aliphatic rings. The van der Waals surface area contributed by atoms with Gasteiger partial charge in [0.2, 0.25) is 0 Å². The second-order valence-corrected chi connectivity index (χ2v) is 5.73. The normalized spacial score (nSPS) is 19.8. The molecule has 0 radical (unpaired) electrons. The van der Waals surface area contributed by atoms with E-state index in [1.54, 1.807) is 6.07 Å². The van der Waals surface area contributed by atoms with Gasteiger partial charge < -0.3 is 15.2 Å². The number of hydrogen-bond donors (Lipinski definition) is 2. The van der Waals surface area contributed by atoms with Crippen LogP contribution in [0.2, 0.25) is 10.0 Å². The molecule has 0 spiro atoms. The van der Waals surface area contributed by atoms with E-state index in [2.05, 4.69) is 5.32 Å². The van der Waals surface area contributed by atoms with Crippen molar-refractivity contribution >= 4 is 35.1 Å². The van der Waals surface area contributed by atoms with Crippen molar-refractivity contribution in [2.24, 2.45) is 5.92 Å². The summed E-state index contributed by atoms with van der Waals surface area (Å²) in [6.07, 6.45) is 1.47. The molecule has 1 aromatic carbocycles. The predicted molar refractivity (Wildman–Crippen MR) is 78.9 cm³/mol. The standard InChI is InChI=1S/C14H15Cl2NO4/c15-9-3-4-11(16)10(6-9)13(18)17-12(14(19)20)8-2-1-5-21-7-8/h3-4,6,8,12H,1-2,5,7H2,(H,17,18)(H,19,20). The zero-order valence-corrected chi connectivity index (χ0v) is 12.7. The summed E-state index contributed by atoms with van der Waals surface area (Å²) in [5, 5.41) is 12.4. The molecule has 0 aliphatic carbocycles. The molecule has 0 bridgehead atoms. The summed E-state index contributed by atoms with van der Waals surface area (Å²) in [5.41, 5.74) is 0.159. The molecular weight excluding hydrogens is 317 g/mol. The summed E-state index contributed by atoms with van der Waals surface area (Å²) in [5.74, 6) is -1.89. The van der Waals surface area contributed by atoms with Gasteiger partial charge in [0.15, 0.2) is 0 Å². The van der Waals surface area contributed by atoms with E-state index in [9.17, 15) is 14.7 Å². The van der Waals surface area contributed by atoms with Gasteiger partial charge in [-0.25, -0.2) is 4.79 Å². The third-order valence-corrected chi connectivity index (χ3v) is 3.96. The van der Waals surface area contributed by atoms with E-state index in [0.717, 1.165) is 6.42 Å². The topological polar surface area (TPSA) is 75.6 Å². The molecule has 0 saturated carbocycles. The number of nitrogens with one attached hydrogen (secondary N) is 1. The van der Waals surface area contributed by atoms with Gasteiger partial charge in [-0.05, 0) is 31.0 Å². The summed E-state index contributed by atoms with van der Waals surface area (Å²) in [6.45, 7) is 0.942. The molecule has 2 unspecified atom stereocenters. The molecule has 114 valence electrons. The van der Waals surface area contributed by atoms with Gasteiger partial charge in [-0.2, -0.15) is 0 Å². The van der Waals surface area contributed by atoms with Crippen molar-refractivity contribution in [2.75, 3.05) is 13.2 Å². The Bertz CT molecular complexity index is 544. The van der Waals surface area contributed by atoms with Gasteiger partial charge >= 0.3 is 5.97 Å². The van der Waals surface area contributed by atoms with Gasteiger partial charge in [0, 0.05) is 17.5 Å². The van der Waals surface area contributed by atoms with Crippen LogP contribution in [0.1, 0.15) is 23.2 Å². The first-order chi connectivity index (χ1) is 9.99. The monoisotopic (exact) mass is 331 g/mol. The molecular formula is C14H15Cl2NO4. The minimum atomic E-state index is -1.09. The molecule has 1 aromatic rings. The molecule has 1 heterocycles. The fourth-order valence-corrected chi connectivity index (χ4v) is 2.68. The van der Waals surface area contributed by atoms with Crippen molar-refractivity contribution in [2.45, 2.75) is 18.9 Å². The predicted octanol–water partition coefficient (Wildman–Crippen LogP) is 2.60. The van der Waals surface area contributed by atoms with Crippen LogP contribution >= 0.6 is 23.2 Å². The van der Waals surface area contributed by atoms with Gasteiger partial charge in [-0.1, -0.05) is 23.2 Å². The maximum Gasteiger partial charge on any atom is 0.326 e. The highest BCUT2D eigenvalue weighted by Crippen LogP contribution is 2.22. The fraction of sp³-hybridized carbons (Fsp3) is 0.429. The van der Waals surface area contributed by atoms with Crippen molar-refractivity contribution in [3.8, 4) is 0 Å². The number of carboxylic acids is 1. The van der Waals surface area contributed by atoms with Crippen LogP contribution in [-0.4, -0.2) is 36.2 Å². The van der Waals surface area contributed by atoms with E-state index in [1.165, 1.54) is 12.1 Å². The van der Waals surface area contributed by atoms with Gasteiger partial charge in [0.25, 0.3) is 5.91 Å². The second-order valence-electron chi connectivity index (χ2n) is 4.89. The van der Waals surface area contributed by atoms with Gasteiger partial charge in [-0.15, -0.1) is 0 Å². The van der Waals surface area contributed by atoms with Crippen LogP contribution in [-0.2, 0) is 9.53 Å². The van der Waals surface area contributed by atoms with Crippen molar-refractivity contribution in [3.63, 3.8) is 0 Å². The molecule has 1 amide bonds. The third-order valence-electron chi connectivity index (χ3n) is 3.39. The molecule has 2 atom stereocenters. The van der Waals surface area contributed by atoms with E-state index in [0.29, 0.717) is 24.7 Å². The summed E-state index contributed by atoms with van der Waals surface area (Å²) in [4.78, 5) is 23.6. The van der Waals surface area contributed by atoms with Crippen LogP contribution in [0.4, 0.5) is 0 Å². The van der Waals surface area contributed by atoms with Crippen LogP contribution in [0.3, 0.4) is 0 Å². The minimum absolute atomic E-state index is 0.159. The van der Waals surface area contributed by atoms with E-state index in [1.807, 2.05) is 0 Å². The second kappa shape index (κ2) is 7.11. The first kappa shape index (κ1) is 16.1. The summed E-state index contributed by atoms with van der Waals surface area (Å²) >= 11 is 11.8. The maximum atomic E-state index is 12.2. The maximum absolute atomic E-state index is 12.2. The third kappa shape index (κ3) is 4.09. The zero-order valence-electron chi connectivity index (χ0n) is 11.1. The Kier molecular flexibility index (Phi) is 5.45. The number of ether oxygens (including phenoxy) is 1. The molecule has 0 aromatic heterocycles. The summed E-state index contributed by atoms with van der Waals surface area (Å²) in [7, 11) is 0. The van der Waals surface area contributed by atoms with Crippen LogP contribution in [0.15, 0.2) is 18.2 Å². The molecule has 2 rings (SSSR count). The van der Waals surface area contributed by atoms with Gasteiger partial charge in [-0.3, -0.25) is 4.79 Å². The number of amides is 1. The number of halogens is 2. The largest absolute Gasteiger partial charge is 0.480 e. The van der Waals surface area contributed by atoms with Crippen molar-refractivity contribution in [3.05, 3.63) is 33.8 Å². The van der Waals surface area contributed by atoms with E-state index < -0.39 is 17.9 Å². The first-order valence-electron chi connectivity index (χ1n) is 6.55. The van der Waals surface area contributed by atoms with Crippen LogP contribution < -0.4 is 5.32 Å². The lowest BCUT2D eigenvalue weighted by Crippen LogP contribution is -2.48. The van der Waals surface area contributed by atoms with Crippen LogP contribution in [0.25, 0.3) is 0 Å².